The molecule has 0 aromatic heterocycles. The van der Waals surface area contributed by atoms with Crippen LogP contribution in [0.5, 0.6) is 5.75 Å². The molecule has 3 rings (SSSR count). The Morgan fingerprint density at radius 1 is 1.19 bits per heavy atom. The lowest BCUT2D eigenvalue weighted by Crippen LogP contribution is -2.32. The number of rotatable bonds is 7. The third-order valence-corrected chi connectivity index (χ3v) is 6.25. The van der Waals surface area contributed by atoms with E-state index < -0.39 is 12.0 Å². The zero-order chi connectivity index (χ0) is 23.1. The summed E-state index contributed by atoms with van der Waals surface area (Å²) in [6.07, 6.45) is 0.904. The standard InChI is InChI=1S/C25H28F2N2O2S/c1-17-4-11-24(18(2)14-17)32-25(28-20-7-10-22(26)23(27)15-20)29(12-13-31-3)16-19-5-8-21(30)9-6-19/h4-11,14,23,30H,12-13,15-16H2,1-3H3. The number of alkyl halides is 1. The molecule has 170 valence electrons. The number of aryl methyl sites for hydroxylation is 2. The second-order valence-corrected chi connectivity index (χ2v) is 8.74. The minimum Gasteiger partial charge on any atom is -0.508 e. The summed E-state index contributed by atoms with van der Waals surface area (Å²) in [5, 5.41) is 10.3. The number of phenols is 1. The largest absolute Gasteiger partial charge is 0.508 e. The van der Waals surface area contributed by atoms with E-state index in [0.717, 1.165) is 22.1 Å². The number of halogens is 2. The van der Waals surface area contributed by atoms with Crippen molar-refractivity contribution in [3.05, 3.63) is 82.8 Å². The monoisotopic (exact) mass is 458 g/mol. The topological polar surface area (TPSA) is 45.1 Å². The maximum atomic E-state index is 14.0. The summed E-state index contributed by atoms with van der Waals surface area (Å²) < 4.78 is 32.8. The molecule has 1 aliphatic rings. The molecule has 0 amide bonds. The quantitative estimate of drug-likeness (QED) is 0.310. The Morgan fingerprint density at radius 2 is 1.94 bits per heavy atom. The van der Waals surface area contributed by atoms with Crippen molar-refractivity contribution in [3.63, 3.8) is 0 Å². The van der Waals surface area contributed by atoms with Gasteiger partial charge in [-0.2, -0.15) is 0 Å². The molecule has 0 radical (unpaired) electrons. The van der Waals surface area contributed by atoms with Crippen molar-refractivity contribution >= 4 is 16.9 Å². The fraction of sp³-hybridized carbons (Fsp3) is 0.320. The molecule has 2 aromatic carbocycles. The smallest absolute Gasteiger partial charge is 0.169 e. The van der Waals surface area contributed by atoms with Gasteiger partial charge >= 0.3 is 0 Å². The number of aromatic hydroxyl groups is 1. The maximum absolute atomic E-state index is 14.0. The van der Waals surface area contributed by atoms with Crippen LogP contribution in [0.2, 0.25) is 0 Å². The normalized spacial score (nSPS) is 16.5. The van der Waals surface area contributed by atoms with Gasteiger partial charge in [0.15, 0.2) is 11.3 Å². The number of thioether (sulfide) groups is 1. The van der Waals surface area contributed by atoms with Crippen LogP contribution < -0.4 is 0 Å². The summed E-state index contributed by atoms with van der Waals surface area (Å²) >= 11 is 1.49. The molecule has 7 heteroatoms. The van der Waals surface area contributed by atoms with E-state index in [1.807, 2.05) is 38.1 Å². The highest BCUT2D eigenvalue weighted by atomic mass is 32.2. The van der Waals surface area contributed by atoms with E-state index in [4.69, 9.17) is 9.73 Å². The van der Waals surface area contributed by atoms with E-state index >= 15 is 0 Å². The van der Waals surface area contributed by atoms with Crippen molar-refractivity contribution in [3.8, 4) is 5.75 Å². The lowest BCUT2D eigenvalue weighted by Gasteiger charge is -2.27. The number of allylic oxidation sites excluding steroid dienone is 4. The van der Waals surface area contributed by atoms with Crippen LogP contribution in [0.3, 0.4) is 0 Å². The van der Waals surface area contributed by atoms with Crippen LogP contribution in [0.1, 0.15) is 23.1 Å². The molecule has 2 aromatic rings. The molecule has 1 unspecified atom stereocenters. The molecule has 1 atom stereocenters. The molecule has 1 aliphatic carbocycles. The third-order valence-electron chi connectivity index (χ3n) is 5.04. The van der Waals surface area contributed by atoms with E-state index in [-0.39, 0.29) is 12.2 Å². The summed E-state index contributed by atoms with van der Waals surface area (Å²) in [5.41, 5.74) is 3.76. The highest BCUT2D eigenvalue weighted by molar-refractivity contribution is 8.13. The number of ether oxygens (including phenoxy) is 1. The Labute approximate surface area is 192 Å². The average molecular weight is 459 g/mol. The Morgan fingerprint density at radius 3 is 2.59 bits per heavy atom. The first kappa shape index (κ1) is 24.0. The summed E-state index contributed by atoms with van der Waals surface area (Å²) in [5.74, 6) is -0.571. The minimum atomic E-state index is -1.67. The predicted molar refractivity (Wildman–Crippen MR) is 126 cm³/mol. The fourth-order valence-corrected chi connectivity index (χ4v) is 4.27. The first-order valence-electron chi connectivity index (χ1n) is 10.4. The van der Waals surface area contributed by atoms with Gasteiger partial charge in [0.05, 0.1) is 6.61 Å². The van der Waals surface area contributed by atoms with Crippen LogP contribution in [-0.2, 0) is 11.3 Å². The number of hydrogen-bond acceptors (Lipinski definition) is 4. The Hall–Kier alpha value is -2.64. The first-order valence-corrected chi connectivity index (χ1v) is 11.2. The Balaban J connectivity index is 1.98. The van der Waals surface area contributed by atoms with E-state index in [9.17, 15) is 13.9 Å². The summed E-state index contributed by atoms with van der Waals surface area (Å²) in [6.45, 7) is 5.65. The van der Waals surface area contributed by atoms with Crippen molar-refractivity contribution in [2.24, 2.45) is 4.99 Å². The first-order chi connectivity index (χ1) is 15.4. The van der Waals surface area contributed by atoms with Gasteiger partial charge in [-0.15, -0.1) is 0 Å². The van der Waals surface area contributed by atoms with Crippen LogP contribution in [0, 0.1) is 13.8 Å². The van der Waals surface area contributed by atoms with Gasteiger partial charge in [-0.25, -0.2) is 13.8 Å². The number of nitrogens with zero attached hydrogens (tertiary/aromatic N) is 2. The third kappa shape index (κ3) is 6.68. The van der Waals surface area contributed by atoms with E-state index in [0.29, 0.717) is 30.6 Å². The Kier molecular flexibility index (Phi) is 8.47. The van der Waals surface area contributed by atoms with Gasteiger partial charge in [-0.1, -0.05) is 41.6 Å². The van der Waals surface area contributed by atoms with Crippen molar-refractivity contribution in [2.45, 2.75) is 37.9 Å². The van der Waals surface area contributed by atoms with Crippen molar-refractivity contribution in [2.75, 3.05) is 20.3 Å². The fourth-order valence-electron chi connectivity index (χ4n) is 3.27. The summed E-state index contributed by atoms with van der Waals surface area (Å²) in [7, 11) is 1.64. The molecule has 0 bridgehead atoms. The highest BCUT2D eigenvalue weighted by Gasteiger charge is 2.21. The van der Waals surface area contributed by atoms with Gasteiger partial charge in [0.2, 0.25) is 0 Å². The van der Waals surface area contributed by atoms with Crippen LogP contribution in [0.4, 0.5) is 8.78 Å². The number of hydrogen-bond donors (Lipinski definition) is 1. The molecule has 0 saturated heterocycles. The molecule has 32 heavy (non-hydrogen) atoms. The van der Waals surface area contributed by atoms with Crippen molar-refractivity contribution in [1.29, 1.82) is 0 Å². The number of methoxy groups -OCH3 is 1. The minimum absolute atomic E-state index is 0.101. The van der Waals surface area contributed by atoms with Crippen LogP contribution in [0.15, 0.2) is 76.0 Å². The van der Waals surface area contributed by atoms with E-state index in [1.165, 1.54) is 23.4 Å². The van der Waals surface area contributed by atoms with Gasteiger partial charge in [-0.05, 0) is 55.3 Å². The second kappa shape index (κ2) is 11.3. The zero-order valence-corrected chi connectivity index (χ0v) is 19.3. The SMILES string of the molecule is COCCN(Cc1ccc(O)cc1)C(=NC1=CC=C(F)C(F)C1)Sc1ccc(C)cc1C. The molecular formula is C25H28F2N2O2S. The van der Waals surface area contributed by atoms with Gasteiger partial charge in [0, 0.05) is 37.2 Å². The van der Waals surface area contributed by atoms with Crippen LogP contribution >= 0.6 is 11.8 Å². The van der Waals surface area contributed by atoms with Crippen molar-refractivity contribution < 1.29 is 18.6 Å². The van der Waals surface area contributed by atoms with Gasteiger partial charge in [0.25, 0.3) is 0 Å². The molecule has 4 nitrogen and oxygen atoms in total. The Bertz CT molecular complexity index is 1020. The van der Waals surface area contributed by atoms with Crippen LogP contribution in [0.25, 0.3) is 0 Å². The van der Waals surface area contributed by atoms with Gasteiger partial charge < -0.3 is 14.7 Å². The number of benzene rings is 2. The summed E-state index contributed by atoms with van der Waals surface area (Å²) in [4.78, 5) is 7.85. The molecule has 0 aliphatic heterocycles. The van der Waals surface area contributed by atoms with Gasteiger partial charge in [0.1, 0.15) is 11.6 Å². The number of aliphatic imine (C=N–C) groups is 1. The second-order valence-electron chi connectivity index (χ2n) is 7.73. The molecule has 0 fully saturated rings. The van der Waals surface area contributed by atoms with E-state index in [1.54, 1.807) is 19.2 Å². The lowest BCUT2D eigenvalue weighted by molar-refractivity contribution is 0.175. The van der Waals surface area contributed by atoms with Crippen molar-refractivity contribution in [1.82, 2.24) is 4.90 Å². The molecule has 0 spiro atoms. The molecule has 1 N–H and O–H groups in total. The van der Waals surface area contributed by atoms with Gasteiger partial charge in [-0.3, -0.25) is 0 Å². The van der Waals surface area contributed by atoms with E-state index in [2.05, 4.69) is 11.0 Å². The molecule has 0 heterocycles. The molecular weight excluding hydrogens is 430 g/mol. The number of phenolic OH excluding ortho intramolecular Hbond substituents is 1. The predicted octanol–water partition coefficient (Wildman–Crippen LogP) is 6.08. The summed E-state index contributed by atoms with van der Waals surface area (Å²) in [6, 6.07) is 13.2. The van der Waals surface area contributed by atoms with Crippen LogP contribution in [-0.4, -0.2) is 41.6 Å². The maximum Gasteiger partial charge on any atom is 0.169 e. The number of amidine groups is 1. The lowest BCUT2D eigenvalue weighted by atomic mass is 10.1. The molecule has 0 saturated carbocycles. The zero-order valence-electron chi connectivity index (χ0n) is 18.5. The highest BCUT2D eigenvalue weighted by Crippen LogP contribution is 2.30. The average Bonchev–Trinajstić information content (AvgIpc) is 2.76.